The fraction of sp³-hybridized carbons (Fsp3) is 0.158. The molecule has 0 aliphatic rings. The average Bonchev–Trinajstić information content (AvgIpc) is 3.07. The molecule has 1 heterocycles. The molecule has 27 heavy (non-hydrogen) atoms. The van der Waals surface area contributed by atoms with E-state index in [9.17, 15) is 13.6 Å². The second-order valence-electron chi connectivity index (χ2n) is 5.23. The number of aromatic nitrogens is 1. The zero-order valence-electron chi connectivity index (χ0n) is 14.0. The Balaban J connectivity index is 1.36. The van der Waals surface area contributed by atoms with E-state index in [4.69, 9.17) is 9.15 Å². The summed E-state index contributed by atoms with van der Waals surface area (Å²) in [5.74, 6) is 3.70. The maximum Gasteiger partial charge on any atom is 0.257 e. The van der Waals surface area contributed by atoms with Gasteiger partial charge in [0.1, 0.15) is 17.9 Å². The molecule has 0 saturated carbocycles. The quantitative estimate of drug-likeness (QED) is 0.518. The van der Waals surface area contributed by atoms with Crippen molar-refractivity contribution in [3.63, 3.8) is 0 Å². The lowest BCUT2D eigenvalue weighted by atomic mass is 10.3. The highest BCUT2D eigenvalue weighted by Crippen LogP contribution is 2.22. The van der Waals surface area contributed by atoms with Crippen LogP contribution in [-0.4, -0.2) is 29.8 Å². The van der Waals surface area contributed by atoms with Crippen LogP contribution >= 0.6 is 11.8 Å². The van der Waals surface area contributed by atoms with Gasteiger partial charge in [-0.2, -0.15) is 0 Å². The molecule has 0 saturated heterocycles. The minimum Gasteiger partial charge on any atom is -0.478 e. The molecule has 3 rings (SSSR count). The molecular formula is C19H14F2N2O3S. The van der Waals surface area contributed by atoms with Gasteiger partial charge in [0.05, 0.1) is 12.3 Å². The van der Waals surface area contributed by atoms with Gasteiger partial charge < -0.3 is 14.5 Å². The lowest BCUT2D eigenvalue weighted by Gasteiger charge is -2.02. The third-order valence-electron chi connectivity index (χ3n) is 3.29. The van der Waals surface area contributed by atoms with Gasteiger partial charge in [0.2, 0.25) is 5.91 Å². The molecule has 8 heteroatoms. The van der Waals surface area contributed by atoms with Crippen LogP contribution in [0.15, 0.2) is 52.1 Å². The molecule has 0 radical (unpaired) electrons. The summed E-state index contributed by atoms with van der Waals surface area (Å²) in [4.78, 5) is 16.0. The Bertz CT molecular complexity index is 978. The normalized spacial score (nSPS) is 10.3. The summed E-state index contributed by atoms with van der Waals surface area (Å²) in [6, 6.07) is 10.4. The molecule has 0 unspecified atom stereocenters. The number of nitrogens with one attached hydrogen (secondary N) is 1. The Morgan fingerprint density at radius 1 is 1.22 bits per heavy atom. The van der Waals surface area contributed by atoms with E-state index < -0.39 is 11.6 Å². The second kappa shape index (κ2) is 9.05. The number of carbonyl (C=O) groups excluding carboxylic acids is 1. The third kappa shape index (κ3) is 5.46. The van der Waals surface area contributed by atoms with Crippen LogP contribution in [0.4, 0.5) is 8.78 Å². The van der Waals surface area contributed by atoms with Crippen LogP contribution in [0.3, 0.4) is 0 Å². The Kier molecular flexibility index (Phi) is 6.28. The number of benzene rings is 2. The van der Waals surface area contributed by atoms with E-state index in [0.717, 1.165) is 17.6 Å². The monoisotopic (exact) mass is 388 g/mol. The number of halogens is 2. The van der Waals surface area contributed by atoms with Crippen molar-refractivity contribution in [3.8, 4) is 17.6 Å². The van der Waals surface area contributed by atoms with Crippen molar-refractivity contribution >= 4 is 28.8 Å². The number of ether oxygens (including phenoxy) is 1. The maximum absolute atomic E-state index is 13.3. The fourth-order valence-corrected chi connectivity index (χ4v) is 2.72. The van der Waals surface area contributed by atoms with Gasteiger partial charge in [-0.1, -0.05) is 35.7 Å². The summed E-state index contributed by atoms with van der Waals surface area (Å²) >= 11 is 1.19. The Hall–Kier alpha value is -3.05. The molecule has 1 aromatic heterocycles. The number of thioether (sulfide) groups is 1. The van der Waals surface area contributed by atoms with Crippen LogP contribution in [0, 0.1) is 23.5 Å². The lowest BCUT2D eigenvalue weighted by molar-refractivity contribution is -0.118. The zero-order chi connectivity index (χ0) is 19.1. The average molecular weight is 388 g/mol. The topological polar surface area (TPSA) is 64.4 Å². The number of rotatable bonds is 6. The molecule has 1 N–H and O–H groups in total. The van der Waals surface area contributed by atoms with Crippen LogP contribution in [0.1, 0.15) is 0 Å². The van der Waals surface area contributed by atoms with E-state index in [1.807, 2.05) is 24.3 Å². The van der Waals surface area contributed by atoms with Crippen molar-refractivity contribution in [1.29, 1.82) is 0 Å². The molecule has 1 amide bonds. The minimum atomic E-state index is -0.790. The number of amides is 1. The largest absolute Gasteiger partial charge is 0.478 e. The zero-order valence-corrected chi connectivity index (χ0v) is 14.8. The second-order valence-corrected chi connectivity index (χ2v) is 6.16. The summed E-state index contributed by atoms with van der Waals surface area (Å²) in [6.07, 6.45) is 0. The first-order valence-electron chi connectivity index (χ1n) is 7.90. The number of oxazole rings is 1. The summed E-state index contributed by atoms with van der Waals surface area (Å²) in [5.41, 5.74) is 1.41. The number of carbonyl (C=O) groups is 1. The van der Waals surface area contributed by atoms with Gasteiger partial charge in [-0.15, -0.1) is 0 Å². The van der Waals surface area contributed by atoms with Crippen LogP contribution < -0.4 is 10.1 Å². The van der Waals surface area contributed by atoms with E-state index in [0.29, 0.717) is 10.8 Å². The van der Waals surface area contributed by atoms with E-state index in [1.54, 1.807) is 0 Å². The highest BCUT2D eigenvalue weighted by Gasteiger charge is 2.08. The van der Waals surface area contributed by atoms with Crippen molar-refractivity contribution in [2.24, 2.45) is 0 Å². The highest BCUT2D eigenvalue weighted by atomic mass is 32.2. The molecule has 138 valence electrons. The van der Waals surface area contributed by atoms with Crippen LogP contribution in [0.2, 0.25) is 0 Å². The van der Waals surface area contributed by atoms with E-state index in [-0.39, 0.29) is 30.6 Å². The SMILES string of the molecule is O=C(CSc1nc2ccccc2o1)NCC#CCOc1ccc(F)cc1F. The van der Waals surface area contributed by atoms with E-state index >= 15 is 0 Å². The molecule has 2 aromatic carbocycles. The first-order chi connectivity index (χ1) is 13.1. The van der Waals surface area contributed by atoms with Crippen molar-refractivity contribution in [2.75, 3.05) is 18.9 Å². The van der Waals surface area contributed by atoms with Gasteiger partial charge in [0.25, 0.3) is 5.22 Å². The van der Waals surface area contributed by atoms with Gasteiger partial charge in [-0.3, -0.25) is 4.79 Å². The Morgan fingerprint density at radius 2 is 2.07 bits per heavy atom. The molecule has 0 atom stereocenters. The Morgan fingerprint density at radius 3 is 2.89 bits per heavy atom. The number of para-hydroxylation sites is 2. The minimum absolute atomic E-state index is 0.0733. The predicted octanol–water partition coefficient (Wildman–Crippen LogP) is 3.40. The summed E-state index contributed by atoms with van der Waals surface area (Å²) in [6.45, 7) is 0.0539. The number of hydrogen-bond donors (Lipinski definition) is 1. The van der Waals surface area contributed by atoms with Gasteiger partial charge in [0.15, 0.2) is 17.1 Å². The molecule has 0 spiro atoms. The molecular weight excluding hydrogens is 374 g/mol. The molecule has 0 fully saturated rings. The van der Waals surface area contributed by atoms with Gasteiger partial charge in [-0.25, -0.2) is 13.8 Å². The van der Waals surface area contributed by atoms with Crippen LogP contribution in [-0.2, 0) is 4.79 Å². The third-order valence-corrected chi connectivity index (χ3v) is 4.12. The summed E-state index contributed by atoms with van der Waals surface area (Å²) in [7, 11) is 0. The highest BCUT2D eigenvalue weighted by molar-refractivity contribution is 7.99. The van der Waals surface area contributed by atoms with Crippen LogP contribution in [0.25, 0.3) is 11.1 Å². The summed E-state index contributed by atoms with van der Waals surface area (Å²) < 4.78 is 36.7. The first kappa shape index (κ1) is 18.7. The number of hydrogen-bond acceptors (Lipinski definition) is 5. The molecule has 0 aliphatic carbocycles. The molecule has 0 bridgehead atoms. The number of fused-ring (bicyclic) bond motifs is 1. The smallest absolute Gasteiger partial charge is 0.257 e. The molecule has 0 aliphatic heterocycles. The van der Waals surface area contributed by atoms with Gasteiger partial charge in [0, 0.05) is 6.07 Å². The molecule has 5 nitrogen and oxygen atoms in total. The first-order valence-corrected chi connectivity index (χ1v) is 8.89. The number of nitrogens with zero attached hydrogens (tertiary/aromatic N) is 1. The van der Waals surface area contributed by atoms with Gasteiger partial charge >= 0.3 is 0 Å². The van der Waals surface area contributed by atoms with Crippen molar-refractivity contribution in [2.45, 2.75) is 5.22 Å². The fourth-order valence-electron chi connectivity index (χ4n) is 2.05. The van der Waals surface area contributed by atoms with E-state index in [1.165, 1.54) is 17.8 Å². The maximum atomic E-state index is 13.3. The van der Waals surface area contributed by atoms with E-state index in [2.05, 4.69) is 22.1 Å². The predicted molar refractivity (Wildman–Crippen MR) is 97.4 cm³/mol. The van der Waals surface area contributed by atoms with Crippen molar-refractivity contribution in [3.05, 3.63) is 54.1 Å². The standard InChI is InChI=1S/C19H14F2N2O3S/c20-13-7-8-16(14(21)11-13)25-10-4-3-9-22-18(24)12-27-19-23-15-5-1-2-6-17(15)26-19/h1-2,5-8,11H,9-10,12H2,(H,22,24). The van der Waals surface area contributed by atoms with Gasteiger partial charge in [-0.05, 0) is 24.3 Å². The molecule has 3 aromatic rings. The lowest BCUT2D eigenvalue weighted by Crippen LogP contribution is -2.25. The van der Waals surface area contributed by atoms with Crippen molar-refractivity contribution in [1.82, 2.24) is 10.3 Å². The Labute approximate surface area is 158 Å². The van der Waals surface area contributed by atoms with Crippen molar-refractivity contribution < 1.29 is 22.7 Å². The summed E-state index contributed by atoms with van der Waals surface area (Å²) in [5, 5.41) is 3.05. The van der Waals surface area contributed by atoms with Crippen LogP contribution in [0.5, 0.6) is 5.75 Å².